The van der Waals surface area contributed by atoms with Crippen molar-refractivity contribution in [3.63, 3.8) is 0 Å². The Morgan fingerprint density at radius 1 is 1.19 bits per heavy atom. The van der Waals surface area contributed by atoms with Crippen molar-refractivity contribution in [2.45, 2.75) is 6.92 Å². The van der Waals surface area contributed by atoms with Gasteiger partial charge in [-0.2, -0.15) is 0 Å². The molecular weight excluding hydrogens is 379 g/mol. The monoisotopic (exact) mass is 390 g/mol. The highest BCUT2D eigenvalue weighted by atomic mass is 35.5. The van der Waals surface area contributed by atoms with Gasteiger partial charge in [-0.15, -0.1) is 11.3 Å². The number of nitrogens with one attached hydrogen (secondary N) is 1. The van der Waals surface area contributed by atoms with E-state index >= 15 is 0 Å². The number of thiazole rings is 1. The van der Waals surface area contributed by atoms with Crippen LogP contribution in [-0.2, 0) is 0 Å². The van der Waals surface area contributed by atoms with Gasteiger partial charge in [-0.3, -0.25) is 4.79 Å². The third-order valence-corrected chi connectivity index (χ3v) is 5.08. The van der Waals surface area contributed by atoms with E-state index in [4.69, 9.17) is 16.7 Å². The number of carbonyl (C=O) groups is 2. The van der Waals surface area contributed by atoms with Crippen LogP contribution in [0.5, 0.6) is 0 Å². The van der Waals surface area contributed by atoms with Crippen LogP contribution in [-0.4, -0.2) is 22.0 Å². The van der Waals surface area contributed by atoms with Gasteiger partial charge < -0.3 is 10.4 Å². The molecule has 0 unspecified atom stereocenters. The van der Waals surface area contributed by atoms with Crippen molar-refractivity contribution in [3.05, 3.63) is 69.4 Å². The van der Waals surface area contributed by atoms with E-state index in [0.29, 0.717) is 26.8 Å². The second-order valence-corrected chi connectivity index (χ2v) is 6.80. The second kappa shape index (κ2) is 7.23. The van der Waals surface area contributed by atoms with Gasteiger partial charge in [-0.1, -0.05) is 11.6 Å². The van der Waals surface area contributed by atoms with Crippen LogP contribution in [0.2, 0.25) is 5.02 Å². The lowest BCUT2D eigenvalue weighted by Gasteiger charge is -2.06. The van der Waals surface area contributed by atoms with E-state index in [1.807, 2.05) is 0 Å². The van der Waals surface area contributed by atoms with Crippen molar-refractivity contribution in [3.8, 4) is 10.6 Å². The molecule has 132 valence electrons. The highest BCUT2D eigenvalue weighted by Crippen LogP contribution is 2.29. The molecule has 5 nitrogen and oxygen atoms in total. The number of hydrogen-bond donors (Lipinski definition) is 2. The first kappa shape index (κ1) is 18.0. The number of carbonyl (C=O) groups excluding carboxylic acids is 1. The van der Waals surface area contributed by atoms with Crippen molar-refractivity contribution in [2.75, 3.05) is 5.32 Å². The standard InChI is InChI=1S/C18H12ClFN2O3S/c1-9-15(26-17(21-9)10-2-4-11(20)5-3-10)16(23)22-12-6-7-14(19)13(8-12)18(24)25/h2-8H,1H3,(H,22,23)(H,24,25). The molecule has 0 aliphatic carbocycles. The number of rotatable bonds is 4. The van der Waals surface area contributed by atoms with Crippen LogP contribution in [0.1, 0.15) is 25.7 Å². The number of nitrogens with zero attached hydrogens (tertiary/aromatic N) is 1. The summed E-state index contributed by atoms with van der Waals surface area (Å²) in [7, 11) is 0. The molecule has 0 radical (unpaired) electrons. The molecule has 0 saturated carbocycles. The van der Waals surface area contributed by atoms with Crippen LogP contribution in [0.25, 0.3) is 10.6 Å². The van der Waals surface area contributed by atoms with Crippen LogP contribution < -0.4 is 5.32 Å². The number of carboxylic acid groups (broad SMARTS) is 1. The van der Waals surface area contributed by atoms with E-state index in [-0.39, 0.29) is 16.4 Å². The first-order valence-corrected chi connectivity index (χ1v) is 8.62. The maximum Gasteiger partial charge on any atom is 0.337 e. The van der Waals surface area contributed by atoms with E-state index < -0.39 is 11.9 Å². The average molecular weight is 391 g/mol. The summed E-state index contributed by atoms with van der Waals surface area (Å²) in [5.74, 6) is -1.94. The van der Waals surface area contributed by atoms with E-state index in [1.54, 1.807) is 19.1 Å². The molecule has 8 heteroatoms. The van der Waals surface area contributed by atoms with Crippen LogP contribution in [0.3, 0.4) is 0 Å². The molecule has 3 rings (SSSR count). The van der Waals surface area contributed by atoms with Crippen molar-refractivity contribution in [2.24, 2.45) is 0 Å². The van der Waals surface area contributed by atoms with E-state index in [9.17, 15) is 14.0 Å². The molecule has 1 aromatic heterocycles. The predicted molar refractivity (Wildman–Crippen MR) is 98.6 cm³/mol. The maximum absolute atomic E-state index is 13.0. The molecule has 0 aliphatic heterocycles. The molecule has 0 fully saturated rings. The number of hydrogen-bond acceptors (Lipinski definition) is 4. The number of aromatic carboxylic acids is 1. The Hall–Kier alpha value is -2.77. The third kappa shape index (κ3) is 3.74. The Morgan fingerprint density at radius 2 is 1.88 bits per heavy atom. The van der Waals surface area contributed by atoms with E-state index in [0.717, 1.165) is 0 Å². The van der Waals surface area contributed by atoms with Gasteiger partial charge in [-0.25, -0.2) is 14.2 Å². The number of benzene rings is 2. The summed E-state index contributed by atoms with van der Waals surface area (Å²) in [6, 6.07) is 10.1. The number of carboxylic acids is 1. The van der Waals surface area contributed by atoms with Crippen molar-refractivity contribution >= 4 is 40.5 Å². The van der Waals surface area contributed by atoms with Gasteiger partial charge in [0.05, 0.1) is 16.3 Å². The Labute approximate surface area is 157 Å². The summed E-state index contributed by atoms with van der Waals surface area (Å²) in [6.45, 7) is 1.70. The number of anilines is 1. The summed E-state index contributed by atoms with van der Waals surface area (Å²) in [4.78, 5) is 28.4. The number of aromatic nitrogens is 1. The molecule has 0 atom stereocenters. The lowest BCUT2D eigenvalue weighted by atomic mass is 10.2. The molecule has 2 N–H and O–H groups in total. The fourth-order valence-electron chi connectivity index (χ4n) is 2.28. The average Bonchev–Trinajstić information content (AvgIpc) is 2.99. The largest absolute Gasteiger partial charge is 0.478 e. The Bertz CT molecular complexity index is 1000. The van der Waals surface area contributed by atoms with Crippen LogP contribution >= 0.6 is 22.9 Å². The maximum atomic E-state index is 13.0. The van der Waals surface area contributed by atoms with E-state index in [2.05, 4.69) is 10.3 Å². The third-order valence-electron chi connectivity index (χ3n) is 3.55. The lowest BCUT2D eigenvalue weighted by Crippen LogP contribution is -2.12. The summed E-state index contributed by atoms with van der Waals surface area (Å²) < 4.78 is 13.0. The number of aryl methyl sites for hydroxylation is 1. The predicted octanol–water partition coefficient (Wildman–Crippen LogP) is 4.86. The minimum absolute atomic E-state index is 0.0862. The molecule has 0 aliphatic rings. The molecule has 1 amide bonds. The van der Waals surface area contributed by atoms with Gasteiger partial charge in [0.1, 0.15) is 15.7 Å². The van der Waals surface area contributed by atoms with Crippen molar-refractivity contribution in [1.82, 2.24) is 4.98 Å². The highest BCUT2D eigenvalue weighted by Gasteiger charge is 2.17. The normalized spacial score (nSPS) is 10.6. The summed E-state index contributed by atoms with van der Waals surface area (Å²) in [5, 5.41) is 12.4. The van der Waals surface area contributed by atoms with Crippen LogP contribution in [0.15, 0.2) is 42.5 Å². The molecule has 0 bridgehead atoms. The summed E-state index contributed by atoms with van der Waals surface area (Å²) >= 11 is 7.00. The minimum atomic E-state index is -1.18. The SMILES string of the molecule is Cc1nc(-c2ccc(F)cc2)sc1C(=O)Nc1ccc(Cl)c(C(=O)O)c1. The van der Waals surface area contributed by atoms with Gasteiger partial charge in [-0.05, 0) is 49.4 Å². The first-order valence-electron chi connectivity index (χ1n) is 7.42. The lowest BCUT2D eigenvalue weighted by molar-refractivity contribution is 0.0696. The van der Waals surface area contributed by atoms with Crippen LogP contribution in [0.4, 0.5) is 10.1 Å². The molecule has 26 heavy (non-hydrogen) atoms. The Kier molecular flexibility index (Phi) is 5.01. The molecule has 0 saturated heterocycles. The fraction of sp³-hybridized carbons (Fsp3) is 0.0556. The number of amides is 1. The van der Waals surface area contributed by atoms with Crippen LogP contribution in [0, 0.1) is 12.7 Å². The quantitative estimate of drug-likeness (QED) is 0.666. The molecular formula is C18H12ClFN2O3S. The fourth-order valence-corrected chi connectivity index (χ4v) is 3.44. The summed E-state index contributed by atoms with van der Waals surface area (Å²) in [6.07, 6.45) is 0. The topological polar surface area (TPSA) is 79.3 Å². The zero-order chi connectivity index (χ0) is 18.8. The van der Waals surface area contributed by atoms with Gasteiger partial charge in [0.2, 0.25) is 0 Å². The molecule has 1 heterocycles. The van der Waals surface area contributed by atoms with Gasteiger partial charge in [0.15, 0.2) is 0 Å². The minimum Gasteiger partial charge on any atom is -0.478 e. The second-order valence-electron chi connectivity index (χ2n) is 5.39. The number of halogens is 2. The molecule has 0 spiro atoms. The summed E-state index contributed by atoms with van der Waals surface area (Å²) in [5.41, 5.74) is 1.45. The zero-order valence-electron chi connectivity index (χ0n) is 13.4. The van der Waals surface area contributed by atoms with E-state index in [1.165, 1.54) is 41.7 Å². The van der Waals surface area contributed by atoms with Gasteiger partial charge in [0, 0.05) is 11.3 Å². The van der Waals surface area contributed by atoms with Gasteiger partial charge in [0.25, 0.3) is 5.91 Å². The molecule has 2 aromatic carbocycles. The zero-order valence-corrected chi connectivity index (χ0v) is 15.0. The molecule has 3 aromatic rings. The smallest absolute Gasteiger partial charge is 0.337 e. The first-order chi connectivity index (χ1) is 12.3. The van der Waals surface area contributed by atoms with Crippen molar-refractivity contribution in [1.29, 1.82) is 0 Å². The van der Waals surface area contributed by atoms with Gasteiger partial charge >= 0.3 is 5.97 Å². The Morgan fingerprint density at radius 3 is 2.54 bits per heavy atom. The Balaban J connectivity index is 1.86. The highest BCUT2D eigenvalue weighted by molar-refractivity contribution is 7.17. The van der Waals surface area contributed by atoms with Crippen molar-refractivity contribution < 1.29 is 19.1 Å².